The molecule has 2 fully saturated rings. The van der Waals surface area contributed by atoms with E-state index < -0.39 is 10.0 Å². The lowest BCUT2D eigenvalue weighted by Gasteiger charge is -2.36. The van der Waals surface area contributed by atoms with E-state index >= 15 is 0 Å². The van der Waals surface area contributed by atoms with E-state index in [1.807, 2.05) is 0 Å². The monoisotopic (exact) mass is 544 g/mol. The molecule has 206 valence electrons. The lowest BCUT2D eigenvalue weighted by atomic mass is 10.1. The molecular weight excluding hydrogens is 508 g/mol. The van der Waals surface area contributed by atoms with Crippen LogP contribution in [0.1, 0.15) is 12.5 Å². The van der Waals surface area contributed by atoms with Gasteiger partial charge >= 0.3 is 0 Å². The molecule has 0 bridgehead atoms. The average molecular weight is 545 g/mol. The Bertz CT molecular complexity index is 1250. The van der Waals surface area contributed by atoms with Crippen LogP contribution in [0.4, 0.5) is 11.4 Å². The Kier molecular flexibility index (Phi) is 9.26. The second-order valence-electron chi connectivity index (χ2n) is 9.05. The van der Waals surface area contributed by atoms with Gasteiger partial charge in [0.2, 0.25) is 15.9 Å². The summed E-state index contributed by atoms with van der Waals surface area (Å²) in [6.45, 7) is 7.81. The second kappa shape index (κ2) is 12.6. The molecule has 2 aliphatic heterocycles. The van der Waals surface area contributed by atoms with E-state index in [-0.39, 0.29) is 10.8 Å². The molecule has 11 heteroatoms. The van der Waals surface area contributed by atoms with Crippen LogP contribution in [0.3, 0.4) is 0 Å². The van der Waals surface area contributed by atoms with Gasteiger partial charge < -0.3 is 29.3 Å². The number of nitrogens with one attached hydrogen (secondary N) is 1. The van der Waals surface area contributed by atoms with E-state index in [2.05, 4.69) is 22.0 Å². The number of benzene rings is 2. The number of anilines is 2. The molecule has 38 heavy (non-hydrogen) atoms. The smallest absolute Gasteiger partial charge is 0.248 e. The quantitative estimate of drug-likeness (QED) is 0.481. The van der Waals surface area contributed by atoms with Gasteiger partial charge in [-0.1, -0.05) is 6.92 Å². The molecule has 2 heterocycles. The van der Waals surface area contributed by atoms with Crippen LogP contribution in [0.5, 0.6) is 11.5 Å². The van der Waals surface area contributed by atoms with Gasteiger partial charge in [-0.3, -0.25) is 4.79 Å². The maximum absolute atomic E-state index is 13.3. The zero-order valence-electron chi connectivity index (χ0n) is 22.2. The fraction of sp³-hybridized carbons (Fsp3) is 0.444. The standard InChI is InChI=1S/C27H36N4O6S/c1-4-29-11-13-30(14-12-29)25-9-8-23(38(33,34)31-15-17-37-18-16-31)20-24(25)28-27(32)10-6-21-5-7-22(35-2)19-26(21)36-3/h5-10,19-20H,4,11-18H2,1-3H3,(H,28,32)/b10-6+. The Morgan fingerprint density at radius 1 is 1.00 bits per heavy atom. The maximum Gasteiger partial charge on any atom is 0.248 e. The maximum atomic E-state index is 13.3. The van der Waals surface area contributed by atoms with Gasteiger partial charge in [-0.05, 0) is 43.0 Å². The molecule has 1 amide bonds. The average Bonchev–Trinajstić information content (AvgIpc) is 2.96. The SMILES string of the molecule is CCN1CCN(c2ccc(S(=O)(=O)N3CCOCC3)cc2NC(=O)/C=C/c2ccc(OC)cc2OC)CC1. The van der Waals surface area contributed by atoms with Gasteiger partial charge in [-0.25, -0.2) is 8.42 Å². The van der Waals surface area contributed by atoms with Crippen LogP contribution >= 0.6 is 0 Å². The first-order valence-electron chi connectivity index (χ1n) is 12.8. The normalized spacial score (nSPS) is 17.5. The van der Waals surface area contributed by atoms with Gasteiger partial charge in [0.15, 0.2) is 0 Å². The largest absolute Gasteiger partial charge is 0.497 e. The number of piperazine rings is 1. The number of likely N-dealkylation sites (N-methyl/N-ethyl adjacent to an activating group) is 1. The predicted octanol–water partition coefficient (Wildman–Crippen LogP) is 2.52. The third kappa shape index (κ3) is 6.47. The molecule has 0 aromatic heterocycles. The van der Waals surface area contributed by atoms with Crippen LogP contribution < -0.4 is 19.7 Å². The van der Waals surface area contributed by atoms with Gasteiger partial charge in [-0.15, -0.1) is 0 Å². The van der Waals surface area contributed by atoms with Gasteiger partial charge in [-0.2, -0.15) is 4.31 Å². The third-order valence-corrected chi connectivity index (χ3v) is 8.74. The van der Waals surface area contributed by atoms with Crippen LogP contribution in [-0.4, -0.2) is 96.8 Å². The van der Waals surface area contributed by atoms with Crippen molar-refractivity contribution >= 4 is 33.4 Å². The van der Waals surface area contributed by atoms with Crippen molar-refractivity contribution in [3.05, 3.63) is 48.0 Å². The van der Waals surface area contributed by atoms with Crippen LogP contribution in [0.25, 0.3) is 6.08 Å². The Labute approximate surface area is 224 Å². The predicted molar refractivity (Wildman–Crippen MR) is 148 cm³/mol. The van der Waals surface area contributed by atoms with Crippen molar-refractivity contribution in [1.29, 1.82) is 0 Å². The Balaban J connectivity index is 1.61. The van der Waals surface area contributed by atoms with Crippen LogP contribution in [0.2, 0.25) is 0 Å². The molecule has 0 saturated carbocycles. The fourth-order valence-electron chi connectivity index (χ4n) is 4.59. The lowest BCUT2D eigenvalue weighted by Crippen LogP contribution is -2.46. The lowest BCUT2D eigenvalue weighted by molar-refractivity contribution is -0.111. The van der Waals surface area contributed by atoms with E-state index in [1.54, 1.807) is 56.7 Å². The van der Waals surface area contributed by atoms with E-state index in [1.165, 1.54) is 10.4 Å². The summed E-state index contributed by atoms with van der Waals surface area (Å²) in [6.07, 6.45) is 3.06. The molecule has 0 aliphatic carbocycles. The number of hydrogen-bond acceptors (Lipinski definition) is 8. The first kappa shape index (κ1) is 27.9. The summed E-state index contributed by atoms with van der Waals surface area (Å²) in [5.74, 6) is 0.841. The van der Waals surface area contributed by atoms with Gasteiger partial charge in [0.1, 0.15) is 11.5 Å². The molecule has 2 aromatic carbocycles. The van der Waals surface area contributed by atoms with Gasteiger partial charge in [0.25, 0.3) is 0 Å². The molecule has 1 N–H and O–H groups in total. The molecular formula is C27H36N4O6S. The Morgan fingerprint density at radius 2 is 1.74 bits per heavy atom. The van der Waals surface area contributed by atoms with Crippen LogP contribution in [0, 0.1) is 0 Å². The Morgan fingerprint density at radius 3 is 2.39 bits per heavy atom. The number of nitrogens with zero attached hydrogens (tertiary/aromatic N) is 3. The molecule has 2 saturated heterocycles. The summed E-state index contributed by atoms with van der Waals surface area (Å²) >= 11 is 0. The summed E-state index contributed by atoms with van der Waals surface area (Å²) in [5.41, 5.74) is 1.97. The zero-order chi connectivity index (χ0) is 27.1. The highest BCUT2D eigenvalue weighted by molar-refractivity contribution is 7.89. The van der Waals surface area contributed by atoms with Crippen molar-refractivity contribution < 1.29 is 27.4 Å². The van der Waals surface area contributed by atoms with E-state index in [0.717, 1.165) is 38.4 Å². The number of morpholine rings is 1. The Hall–Kier alpha value is -3.12. The second-order valence-corrected chi connectivity index (χ2v) is 11.0. The van der Waals surface area contributed by atoms with Crippen molar-refractivity contribution in [2.75, 3.05) is 83.5 Å². The van der Waals surface area contributed by atoms with Crippen molar-refractivity contribution in [2.45, 2.75) is 11.8 Å². The molecule has 10 nitrogen and oxygen atoms in total. The highest BCUT2D eigenvalue weighted by Crippen LogP contribution is 2.32. The van der Waals surface area contributed by atoms with Crippen LogP contribution in [-0.2, 0) is 19.6 Å². The zero-order valence-corrected chi connectivity index (χ0v) is 23.0. The minimum atomic E-state index is -3.72. The fourth-order valence-corrected chi connectivity index (χ4v) is 6.02. The molecule has 4 rings (SSSR count). The number of methoxy groups -OCH3 is 2. The minimum absolute atomic E-state index is 0.145. The first-order chi connectivity index (χ1) is 18.3. The number of hydrogen-bond donors (Lipinski definition) is 1. The molecule has 2 aliphatic rings. The van der Waals surface area contributed by atoms with Crippen molar-refractivity contribution in [2.24, 2.45) is 0 Å². The van der Waals surface area contributed by atoms with E-state index in [4.69, 9.17) is 14.2 Å². The van der Waals surface area contributed by atoms with E-state index in [9.17, 15) is 13.2 Å². The summed E-state index contributed by atoms with van der Waals surface area (Å²) in [7, 11) is -0.596. The van der Waals surface area contributed by atoms with Crippen molar-refractivity contribution in [3.8, 4) is 11.5 Å². The number of carbonyl (C=O) groups is 1. The molecule has 0 atom stereocenters. The number of rotatable bonds is 9. The molecule has 0 unspecified atom stereocenters. The van der Waals surface area contributed by atoms with E-state index in [0.29, 0.717) is 49.1 Å². The number of carbonyl (C=O) groups excluding carboxylic acids is 1. The summed E-state index contributed by atoms with van der Waals surface area (Å²) in [5, 5.41) is 2.92. The van der Waals surface area contributed by atoms with Crippen LogP contribution in [0.15, 0.2) is 47.4 Å². The summed E-state index contributed by atoms with van der Waals surface area (Å²) in [6, 6.07) is 10.3. The first-order valence-corrected chi connectivity index (χ1v) is 14.2. The summed E-state index contributed by atoms with van der Waals surface area (Å²) < 4.78 is 44.0. The highest BCUT2D eigenvalue weighted by atomic mass is 32.2. The van der Waals surface area contributed by atoms with Crippen molar-refractivity contribution in [3.63, 3.8) is 0 Å². The van der Waals surface area contributed by atoms with Gasteiger partial charge in [0.05, 0.1) is 43.7 Å². The molecule has 2 aromatic rings. The summed E-state index contributed by atoms with van der Waals surface area (Å²) in [4.78, 5) is 17.7. The van der Waals surface area contributed by atoms with Gasteiger partial charge in [0, 0.05) is 57.0 Å². The number of ether oxygens (including phenoxy) is 3. The topological polar surface area (TPSA) is 101 Å². The van der Waals surface area contributed by atoms with Crippen molar-refractivity contribution in [1.82, 2.24) is 9.21 Å². The third-order valence-electron chi connectivity index (χ3n) is 6.85. The molecule has 0 spiro atoms. The number of amides is 1. The highest BCUT2D eigenvalue weighted by Gasteiger charge is 2.28. The molecule has 0 radical (unpaired) electrons. The minimum Gasteiger partial charge on any atom is -0.497 e. The number of sulfonamides is 1.